The largest absolute Gasteiger partial charge is 0.379 e. The topological polar surface area (TPSA) is 88.0 Å². The number of hydrogen-bond acceptors (Lipinski definition) is 6. The van der Waals surface area contributed by atoms with Crippen molar-refractivity contribution in [1.29, 1.82) is 0 Å². The van der Waals surface area contributed by atoms with Gasteiger partial charge in [0.15, 0.2) is 6.29 Å². The molecule has 4 unspecified atom stereocenters. The third kappa shape index (κ3) is 10.00. The normalized spacial score (nSPS) is 20.5. The van der Waals surface area contributed by atoms with Gasteiger partial charge in [-0.25, -0.2) is 0 Å². The number of fused-ring (bicyclic) bond motifs is 1. The van der Waals surface area contributed by atoms with E-state index in [1.165, 1.54) is 5.39 Å². The molecule has 1 aliphatic rings. The maximum Gasteiger partial charge on any atom is 0.184 e. The number of aromatic amines is 1. The number of nitrogens with one attached hydrogen (secondary N) is 1. The molecule has 7 heteroatoms. The molecule has 7 nitrogen and oxygen atoms in total. The van der Waals surface area contributed by atoms with E-state index in [1.54, 1.807) is 0 Å². The molecule has 5 rings (SSSR count). The van der Waals surface area contributed by atoms with Crippen molar-refractivity contribution in [2.24, 2.45) is 5.73 Å². The zero-order valence-electron chi connectivity index (χ0n) is 25.1. The Morgan fingerprint density at radius 2 is 1.40 bits per heavy atom. The van der Waals surface area contributed by atoms with Crippen LogP contribution < -0.4 is 5.73 Å². The molecule has 4 aromatic rings. The zero-order valence-corrected chi connectivity index (χ0v) is 25.1. The Morgan fingerprint density at radius 3 is 2.12 bits per heavy atom. The first kappa shape index (κ1) is 31.4. The van der Waals surface area contributed by atoms with Crippen molar-refractivity contribution in [2.45, 2.75) is 76.3 Å². The average Bonchev–Trinajstić information content (AvgIpc) is 3.47. The molecule has 4 atom stereocenters. The Bertz CT molecular complexity index is 1280. The lowest BCUT2D eigenvalue weighted by Crippen LogP contribution is -2.52. The molecule has 1 aromatic heterocycles. The maximum absolute atomic E-state index is 6.61. The first-order valence-corrected chi connectivity index (χ1v) is 15.7. The second-order valence-corrected chi connectivity index (χ2v) is 11.2. The van der Waals surface area contributed by atoms with Gasteiger partial charge in [0.2, 0.25) is 0 Å². The third-order valence-electron chi connectivity index (χ3n) is 7.87. The molecule has 230 valence electrons. The Morgan fingerprint density at radius 1 is 0.721 bits per heavy atom. The molecule has 3 N–H and O–H groups in total. The number of H-pyrrole nitrogens is 1. The zero-order chi connectivity index (χ0) is 29.5. The predicted octanol–water partition coefficient (Wildman–Crippen LogP) is 6.55. The molecule has 0 bridgehead atoms. The molecule has 2 heterocycles. The number of para-hydroxylation sites is 1. The molecule has 0 aliphatic carbocycles. The average molecular weight is 587 g/mol. The Balaban J connectivity index is 1.23. The summed E-state index contributed by atoms with van der Waals surface area (Å²) in [4.78, 5) is 3.49. The van der Waals surface area contributed by atoms with Crippen LogP contribution in [0.3, 0.4) is 0 Å². The number of rotatable bonds is 18. The minimum Gasteiger partial charge on any atom is -0.379 e. The minimum absolute atomic E-state index is 0.188. The van der Waals surface area contributed by atoms with Crippen LogP contribution in [0.25, 0.3) is 10.9 Å². The standard InChI is InChI=1S/C36H46N2O5/c37-20-11-1-2-12-21-39-27-35-33(41-25-28-13-5-3-6-14-28)24-34(42-26-29-15-7-4-8-16-29)36(43-35)40-22-19-31-23-30-17-9-10-18-32(30)38-31/h3-10,13-18,23,33-36,38H,1-2,11-12,19-22,24-27,37H2. The lowest BCUT2D eigenvalue weighted by Gasteiger charge is -2.41. The fraction of sp³-hybridized carbons (Fsp3) is 0.444. The molecule has 3 aromatic carbocycles. The molecular weight excluding hydrogens is 540 g/mol. The number of aromatic nitrogens is 1. The lowest BCUT2D eigenvalue weighted by molar-refractivity contribution is -0.289. The van der Waals surface area contributed by atoms with Crippen molar-refractivity contribution >= 4 is 10.9 Å². The summed E-state index contributed by atoms with van der Waals surface area (Å²) >= 11 is 0. The highest BCUT2D eigenvalue weighted by molar-refractivity contribution is 5.80. The summed E-state index contributed by atoms with van der Waals surface area (Å²) in [6.45, 7) is 3.37. The van der Waals surface area contributed by atoms with Crippen molar-refractivity contribution in [2.75, 3.05) is 26.4 Å². The van der Waals surface area contributed by atoms with E-state index in [-0.39, 0.29) is 18.3 Å². The number of ether oxygens (including phenoxy) is 5. The molecule has 1 saturated heterocycles. The number of hydrogen-bond donors (Lipinski definition) is 2. The molecule has 0 radical (unpaired) electrons. The molecule has 43 heavy (non-hydrogen) atoms. The minimum atomic E-state index is -0.525. The summed E-state index contributed by atoms with van der Waals surface area (Å²) in [5.41, 5.74) is 10.1. The van der Waals surface area contributed by atoms with E-state index in [4.69, 9.17) is 29.4 Å². The molecule has 0 amide bonds. The fourth-order valence-electron chi connectivity index (χ4n) is 5.46. The Hall–Kier alpha value is -3.04. The number of benzene rings is 3. The van der Waals surface area contributed by atoms with Crippen molar-refractivity contribution < 1.29 is 23.7 Å². The highest BCUT2D eigenvalue weighted by Gasteiger charge is 2.40. The number of nitrogens with two attached hydrogens (primary N) is 1. The van der Waals surface area contributed by atoms with Crippen LogP contribution in [-0.2, 0) is 43.3 Å². The monoisotopic (exact) mass is 586 g/mol. The van der Waals surface area contributed by atoms with E-state index >= 15 is 0 Å². The van der Waals surface area contributed by atoms with Crippen molar-refractivity contribution in [1.82, 2.24) is 4.98 Å². The van der Waals surface area contributed by atoms with E-state index in [2.05, 4.69) is 53.5 Å². The van der Waals surface area contributed by atoms with Crippen molar-refractivity contribution in [3.05, 3.63) is 108 Å². The van der Waals surface area contributed by atoms with Crippen LogP contribution in [0.4, 0.5) is 0 Å². The van der Waals surface area contributed by atoms with Crippen LogP contribution in [0.5, 0.6) is 0 Å². The van der Waals surface area contributed by atoms with Gasteiger partial charge in [0.1, 0.15) is 12.2 Å². The quantitative estimate of drug-likeness (QED) is 0.129. The van der Waals surface area contributed by atoms with Gasteiger partial charge in [0.05, 0.1) is 32.5 Å². The van der Waals surface area contributed by atoms with Gasteiger partial charge in [-0.15, -0.1) is 0 Å². The van der Waals surface area contributed by atoms with E-state index in [0.717, 1.165) is 61.0 Å². The van der Waals surface area contributed by atoms with Crippen molar-refractivity contribution in [3.63, 3.8) is 0 Å². The highest BCUT2D eigenvalue weighted by atomic mass is 16.7. The summed E-state index contributed by atoms with van der Waals surface area (Å²) in [5.74, 6) is 0. The van der Waals surface area contributed by atoms with E-state index in [9.17, 15) is 0 Å². The summed E-state index contributed by atoms with van der Waals surface area (Å²) in [6.07, 6.45) is 4.46. The van der Waals surface area contributed by atoms with Gasteiger partial charge in [-0.1, -0.05) is 91.7 Å². The van der Waals surface area contributed by atoms with Crippen LogP contribution in [-0.4, -0.2) is 56.0 Å². The summed E-state index contributed by atoms with van der Waals surface area (Å²) in [6, 6.07) is 30.9. The Labute approximate surface area is 255 Å². The molecule has 1 aliphatic heterocycles. The second-order valence-electron chi connectivity index (χ2n) is 11.2. The highest BCUT2D eigenvalue weighted by Crippen LogP contribution is 2.28. The van der Waals surface area contributed by atoms with Gasteiger partial charge in [-0.3, -0.25) is 0 Å². The van der Waals surface area contributed by atoms with Crippen LogP contribution in [0.15, 0.2) is 91.0 Å². The van der Waals surface area contributed by atoms with E-state index < -0.39 is 6.29 Å². The van der Waals surface area contributed by atoms with Gasteiger partial charge in [0, 0.05) is 30.7 Å². The van der Waals surface area contributed by atoms with Crippen LogP contribution >= 0.6 is 0 Å². The summed E-state index contributed by atoms with van der Waals surface area (Å²) in [5, 5.41) is 1.20. The smallest absolute Gasteiger partial charge is 0.184 e. The van der Waals surface area contributed by atoms with Crippen molar-refractivity contribution in [3.8, 4) is 0 Å². The van der Waals surface area contributed by atoms with Gasteiger partial charge < -0.3 is 34.4 Å². The predicted molar refractivity (Wildman–Crippen MR) is 170 cm³/mol. The number of unbranched alkanes of at least 4 members (excludes halogenated alkanes) is 3. The second kappa shape index (κ2) is 17.3. The molecule has 1 fully saturated rings. The van der Waals surface area contributed by atoms with Gasteiger partial charge in [-0.05, 0) is 48.0 Å². The van der Waals surface area contributed by atoms with Gasteiger partial charge >= 0.3 is 0 Å². The maximum atomic E-state index is 6.61. The van der Waals surface area contributed by atoms with Gasteiger partial charge in [0.25, 0.3) is 0 Å². The van der Waals surface area contributed by atoms with E-state index in [1.807, 2.05) is 42.5 Å². The third-order valence-corrected chi connectivity index (χ3v) is 7.87. The van der Waals surface area contributed by atoms with Crippen LogP contribution in [0, 0.1) is 0 Å². The SMILES string of the molecule is NCCCCCCOCC1OC(OCCc2cc3ccccc3[nH]2)C(OCc2ccccc2)CC1OCc1ccccc1. The van der Waals surface area contributed by atoms with Gasteiger partial charge in [-0.2, -0.15) is 0 Å². The summed E-state index contributed by atoms with van der Waals surface area (Å²) in [7, 11) is 0. The van der Waals surface area contributed by atoms with Crippen LogP contribution in [0.1, 0.15) is 48.9 Å². The van der Waals surface area contributed by atoms with E-state index in [0.29, 0.717) is 39.5 Å². The van der Waals surface area contributed by atoms with Crippen LogP contribution in [0.2, 0.25) is 0 Å². The molecule has 0 spiro atoms. The lowest BCUT2D eigenvalue weighted by atomic mass is 10.0. The molecule has 0 saturated carbocycles. The summed E-state index contributed by atoms with van der Waals surface area (Å²) < 4.78 is 32.1. The molecular formula is C36H46N2O5. The first-order chi connectivity index (χ1) is 21.3. The Kier molecular flexibility index (Phi) is 12.6. The first-order valence-electron chi connectivity index (χ1n) is 15.7. The fourth-order valence-corrected chi connectivity index (χ4v) is 5.46.